The summed E-state index contributed by atoms with van der Waals surface area (Å²) >= 11 is 5.79. The molecule has 1 aromatic carbocycles. The topological polar surface area (TPSA) is 88.5 Å². The van der Waals surface area contributed by atoms with Crippen LogP contribution in [-0.4, -0.2) is 44.9 Å². The van der Waals surface area contributed by atoms with Crippen molar-refractivity contribution in [2.24, 2.45) is 0 Å². The van der Waals surface area contributed by atoms with Crippen LogP contribution < -0.4 is 4.72 Å². The van der Waals surface area contributed by atoms with Gasteiger partial charge in [0.2, 0.25) is 10.0 Å². The van der Waals surface area contributed by atoms with Gasteiger partial charge in [-0.3, -0.25) is 0 Å². The number of nitrogens with zero attached hydrogens (tertiary/aromatic N) is 1. The van der Waals surface area contributed by atoms with Gasteiger partial charge in [0.05, 0.1) is 30.2 Å². The second kappa shape index (κ2) is 7.15. The fourth-order valence-electron chi connectivity index (χ4n) is 1.74. The summed E-state index contributed by atoms with van der Waals surface area (Å²) in [6.45, 7) is 0.431. The highest BCUT2D eigenvalue weighted by molar-refractivity contribution is 7.89. The predicted molar refractivity (Wildman–Crippen MR) is 79.8 cm³/mol. The van der Waals surface area contributed by atoms with E-state index in [1.807, 2.05) is 0 Å². The maximum atomic E-state index is 12.1. The van der Waals surface area contributed by atoms with Gasteiger partial charge in [0.15, 0.2) is 0 Å². The minimum absolute atomic E-state index is 0.0903. The molecule has 0 aliphatic carbocycles. The zero-order valence-corrected chi connectivity index (χ0v) is 12.7. The molecule has 8 heteroatoms. The van der Waals surface area contributed by atoms with Gasteiger partial charge in [0.1, 0.15) is 5.15 Å². The second-order valence-corrected chi connectivity index (χ2v) is 6.38. The van der Waals surface area contributed by atoms with E-state index in [-0.39, 0.29) is 31.3 Å². The van der Waals surface area contributed by atoms with Crippen LogP contribution in [0.25, 0.3) is 10.9 Å². The van der Waals surface area contributed by atoms with Crippen LogP contribution >= 0.6 is 11.6 Å². The number of nitrogens with one attached hydrogen (secondary N) is 1. The summed E-state index contributed by atoms with van der Waals surface area (Å²) in [4.78, 5) is 4.26. The first-order valence-corrected chi connectivity index (χ1v) is 8.13. The van der Waals surface area contributed by atoms with Crippen molar-refractivity contribution in [3.8, 4) is 0 Å². The van der Waals surface area contributed by atoms with Crippen molar-refractivity contribution in [3.05, 3.63) is 35.5 Å². The van der Waals surface area contributed by atoms with E-state index in [4.69, 9.17) is 21.4 Å². The van der Waals surface area contributed by atoms with Crippen molar-refractivity contribution >= 4 is 32.5 Å². The SMILES string of the molecule is O=S(=O)(NCCOCCO)c1ccc2nc(Cl)ccc2c1. The van der Waals surface area contributed by atoms with E-state index in [1.165, 1.54) is 12.1 Å². The van der Waals surface area contributed by atoms with Crippen LogP contribution in [0.15, 0.2) is 35.2 Å². The number of sulfonamides is 1. The predicted octanol–water partition coefficient (Wildman–Crippen LogP) is 1.18. The van der Waals surface area contributed by atoms with E-state index in [0.29, 0.717) is 16.1 Å². The Labute approximate surface area is 127 Å². The number of rotatable bonds is 7. The Kier molecular flexibility index (Phi) is 5.49. The number of aliphatic hydroxyl groups is 1. The zero-order valence-electron chi connectivity index (χ0n) is 11.1. The average Bonchev–Trinajstić information content (AvgIpc) is 2.46. The zero-order chi connectivity index (χ0) is 15.3. The summed E-state index contributed by atoms with van der Waals surface area (Å²) < 4.78 is 31.7. The molecule has 0 amide bonds. The molecule has 0 atom stereocenters. The third-order valence-corrected chi connectivity index (χ3v) is 4.38. The molecule has 6 nitrogen and oxygen atoms in total. The molecule has 114 valence electrons. The molecule has 0 radical (unpaired) electrons. The van der Waals surface area contributed by atoms with Gasteiger partial charge in [0, 0.05) is 11.9 Å². The molecule has 0 unspecified atom stereocenters. The monoisotopic (exact) mass is 330 g/mol. The first-order chi connectivity index (χ1) is 10.0. The van der Waals surface area contributed by atoms with Gasteiger partial charge in [-0.15, -0.1) is 0 Å². The Morgan fingerprint density at radius 2 is 2.05 bits per heavy atom. The number of hydrogen-bond donors (Lipinski definition) is 2. The summed E-state index contributed by atoms with van der Waals surface area (Å²) in [6, 6.07) is 7.95. The molecule has 1 aromatic heterocycles. The molecule has 2 N–H and O–H groups in total. The Bertz CT molecular complexity index is 721. The Balaban J connectivity index is 2.11. The van der Waals surface area contributed by atoms with E-state index in [9.17, 15) is 8.42 Å². The highest BCUT2D eigenvalue weighted by Gasteiger charge is 2.14. The first kappa shape index (κ1) is 16.1. The summed E-state index contributed by atoms with van der Waals surface area (Å²) in [5, 5.41) is 9.60. The Morgan fingerprint density at radius 3 is 2.81 bits per heavy atom. The minimum atomic E-state index is -3.60. The number of ether oxygens (including phenoxy) is 1. The highest BCUT2D eigenvalue weighted by Crippen LogP contribution is 2.19. The van der Waals surface area contributed by atoms with E-state index in [2.05, 4.69) is 9.71 Å². The van der Waals surface area contributed by atoms with Gasteiger partial charge < -0.3 is 9.84 Å². The molecule has 0 aliphatic heterocycles. The van der Waals surface area contributed by atoms with Crippen LogP contribution in [0.4, 0.5) is 0 Å². The molecular weight excluding hydrogens is 316 g/mol. The number of hydrogen-bond acceptors (Lipinski definition) is 5. The fourth-order valence-corrected chi connectivity index (χ4v) is 2.95. The normalized spacial score (nSPS) is 11.9. The maximum absolute atomic E-state index is 12.1. The lowest BCUT2D eigenvalue weighted by Gasteiger charge is -2.08. The molecule has 0 saturated heterocycles. The van der Waals surface area contributed by atoms with Gasteiger partial charge in [-0.05, 0) is 30.3 Å². The third-order valence-electron chi connectivity index (χ3n) is 2.71. The van der Waals surface area contributed by atoms with Crippen molar-refractivity contribution < 1.29 is 18.3 Å². The molecule has 2 aromatic rings. The van der Waals surface area contributed by atoms with Crippen LogP contribution in [-0.2, 0) is 14.8 Å². The number of halogens is 1. The van der Waals surface area contributed by atoms with Crippen molar-refractivity contribution in [3.63, 3.8) is 0 Å². The molecule has 0 fully saturated rings. The van der Waals surface area contributed by atoms with Gasteiger partial charge in [-0.1, -0.05) is 11.6 Å². The van der Waals surface area contributed by atoms with Crippen molar-refractivity contribution in [2.75, 3.05) is 26.4 Å². The van der Waals surface area contributed by atoms with Gasteiger partial charge in [-0.25, -0.2) is 18.1 Å². The van der Waals surface area contributed by atoms with Crippen molar-refractivity contribution in [2.45, 2.75) is 4.90 Å². The first-order valence-electron chi connectivity index (χ1n) is 6.27. The van der Waals surface area contributed by atoms with Crippen LogP contribution in [0, 0.1) is 0 Å². The van der Waals surface area contributed by atoms with E-state index < -0.39 is 10.0 Å². The molecule has 2 rings (SSSR count). The van der Waals surface area contributed by atoms with Crippen molar-refractivity contribution in [1.82, 2.24) is 9.71 Å². The summed E-state index contributed by atoms with van der Waals surface area (Å²) in [5.74, 6) is 0. The number of fused-ring (bicyclic) bond motifs is 1. The second-order valence-electron chi connectivity index (χ2n) is 4.22. The molecule has 1 heterocycles. The van der Waals surface area contributed by atoms with Gasteiger partial charge in [-0.2, -0.15) is 0 Å². The Morgan fingerprint density at radius 1 is 1.24 bits per heavy atom. The Hall–Kier alpha value is -1.25. The molecular formula is C13H15ClN2O4S. The summed E-state index contributed by atoms with van der Waals surface area (Å²) in [6.07, 6.45) is 0. The molecule has 0 aliphatic rings. The van der Waals surface area contributed by atoms with E-state index in [0.717, 1.165) is 0 Å². The number of pyridine rings is 1. The molecule has 0 spiro atoms. The van der Waals surface area contributed by atoms with Crippen LogP contribution in [0.3, 0.4) is 0 Å². The lowest BCUT2D eigenvalue weighted by atomic mass is 10.2. The lowest BCUT2D eigenvalue weighted by Crippen LogP contribution is -2.27. The van der Waals surface area contributed by atoms with E-state index >= 15 is 0 Å². The van der Waals surface area contributed by atoms with E-state index in [1.54, 1.807) is 18.2 Å². The minimum Gasteiger partial charge on any atom is -0.394 e. The smallest absolute Gasteiger partial charge is 0.240 e. The lowest BCUT2D eigenvalue weighted by molar-refractivity contribution is 0.0961. The highest BCUT2D eigenvalue weighted by atomic mass is 35.5. The molecule has 0 bridgehead atoms. The maximum Gasteiger partial charge on any atom is 0.240 e. The average molecular weight is 331 g/mol. The third kappa shape index (κ3) is 4.36. The standard InChI is InChI=1S/C13H15ClN2O4S/c14-13-4-1-10-9-11(2-3-12(10)16-13)21(18,19)15-5-7-20-8-6-17/h1-4,9,15,17H,5-8H2. The fraction of sp³-hybridized carbons (Fsp3) is 0.308. The number of benzene rings is 1. The largest absolute Gasteiger partial charge is 0.394 e. The van der Waals surface area contributed by atoms with Crippen molar-refractivity contribution in [1.29, 1.82) is 0 Å². The summed E-state index contributed by atoms with van der Waals surface area (Å²) in [5.41, 5.74) is 0.632. The quantitative estimate of drug-likeness (QED) is 0.588. The van der Waals surface area contributed by atoms with Crippen LogP contribution in [0.5, 0.6) is 0 Å². The summed E-state index contributed by atoms with van der Waals surface area (Å²) in [7, 11) is -3.60. The van der Waals surface area contributed by atoms with Crippen LogP contribution in [0.1, 0.15) is 0 Å². The number of aromatic nitrogens is 1. The van der Waals surface area contributed by atoms with Gasteiger partial charge >= 0.3 is 0 Å². The number of aliphatic hydroxyl groups excluding tert-OH is 1. The van der Waals surface area contributed by atoms with Gasteiger partial charge in [0.25, 0.3) is 0 Å². The molecule has 0 saturated carbocycles. The van der Waals surface area contributed by atoms with Crippen LogP contribution in [0.2, 0.25) is 5.15 Å². The molecule has 21 heavy (non-hydrogen) atoms.